The van der Waals surface area contributed by atoms with Crippen molar-refractivity contribution < 1.29 is 23.5 Å². The molecule has 2 N–H and O–H groups in total. The second-order valence-corrected chi connectivity index (χ2v) is 5.34. The van der Waals surface area contributed by atoms with Crippen molar-refractivity contribution in [2.45, 2.75) is 19.3 Å². The van der Waals surface area contributed by atoms with Crippen molar-refractivity contribution in [1.82, 2.24) is 10.2 Å². The number of nitrogens with one attached hydrogen (secondary N) is 1. The molecule has 0 aromatic heterocycles. The fourth-order valence-electron chi connectivity index (χ4n) is 2.37. The number of hydrogen-bond donors (Lipinski definition) is 2. The summed E-state index contributed by atoms with van der Waals surface area (Å²) in [5.74, 6) is -2.71. The summed E-state index contributed by atoms with van der Waals surface area (Å²) in [7, 11) is 0. The molecule has 1 fully saturated rings. The zero-order valence-electron chi connectivity index (χ0n) is 12.5. The Balaban J connectivity index is 1.85. The first-order valence-corrected chi connectivity index (χ1v) is 7.35. The molecule has 2 rings (SSSR count). The van der Waals surface area contributed by atoms with Gasteiger partial charge in [0, 0.05) is 19.6 Å². The van der Waals surface area contributed by atoms with Gasteiger partial charge in [0.2, 0.25) is 0 Å². The van der Waals surface area contributed by atoms with Crippen LogP contribution in [0.3, 0.4) is 0 Å². The van der Waals surface area contributed by atoms with E-state index >= 15 is 0 Å². The van der Waals surface area contributed by atoms with E-state index in [2.05, 4.69) is 5.32 Å². The van der Waals surface area contributed by atoms with Crippen molar-refractivity contribution in [2.24, 2.45) is 0 Å². The van der Waals surface area contributed by atoms with Gasteiger partial charge in [-0.15, -0.1) is 0 Å². The summed E-state index contributed by atoms with van der Waals surface area (Å²) in [5, 5.41) is 11.1. The van der Waals surface area contributed by atoms with E-state index in [-0.39, 0.29) is 19.0 Å². The number of piperidine rings is 1. The van der Waals surface area contributed by atoms with E-state index in [0.29, 0.717) is 31.5 Å². The predicted molar refractivity (Wildman–Crippen MR) is 80.8 cm³/mol. The van der Waals surface area contributed by atoms with Gasteiger partial charge in [-0.05, 0) is 30.5 Å². The highest BCUT2D eigenvalue weighted by atomic mass is 19.2. The van der Waals surface area contributed by atoms with E-state index in [4.69, 9.17) is 5.11 Å². The number of rotatable bonds is 4. The van der Waals surface area contributed by atoms with Crippen LogP contribution in [0.4, 0.5) is 13.6 Å². The zero-order chi connectivity index (χ0) is 16.8. The van der Waals surface area contributed by atoms with Crippen LogP contribution >= 0.6 is 0 Å². The van der Waals surface area contributed by atoms with E-state index in [1.165, 1.54) is 6.07 Å². The molecule has 0 spiro atoms. The molecule has 1 aromatic rings. The third-order valence-electron chi connectivity index (χ3n) is 3.62. The molecule has 1 aliphatic rings. The Morgan fingerprint density at radius 3 is 2.52 bits per heavy atom. The van der Waals surface area contributed by atoms with Crippen LogP contribution in [-0.2, 0) is 4.79 Å². The average molecular weight is 324 g/mol. The number of aliphatic carboxylic acids is 1. The molecule has 0 bridgehead atoms. The molecule has 0 saturated carbocycles. The monoisotopic (exact) mass is 324 g/mol. The average Bonchev–Trinajstić information content (AvgIpc) is 2.51. The molecule has 5 nitrogen and oxygen atoms in total. The van der Waals surface area contributed by atoms with Gasteiger partial charge in [-0.3, -0.25) is 4.79 Å². The van der Waals surface area contributed by atoms with E-state index in [1.54, 1.807) is 4.90 Å². The Hall–Kier alpha value is -2.44. The van der Waals surface area contributed by atoms with Gasteiger partial charge in [-0.25, -0.2) is 13.6 Å². The predicted octanol–water partition coefficient (Wildman–Crippen LogP) is 2.63. The molecule has 1 aliphatic heterocycles. The lowest BCUT2D eigenvalue weighted by Gasteiger charge is -2.28. The Morgan fingerprint density at radius 2 is 1.91 bits per heavy atom. The highest BCUT2D eigenvalue weighted by molar-refractivity contribution is 5.75. The number of carbonyl (C=O) groups is 2. The summed E-state index contributed by atoms with van der Waals surface area (Å²) in [6, 6.07) is 3.47. The molecule has 0 unspecified atom stereocenters. The van der Waals surface area contributed by atoms with Gasteiger partial charge in [0.15, 0.2) is 11.6 Å². The number of hydrogen-bond acceptors (Lipinski definition) is 2. The van der Waals surface area contributed by atoms with E-state index in [0.717, 1.165) is 17.7 Å². The van der Waals surface area contributed by atoms with Gasteiger partial charge < -0.3 is 15.3 Å². The lowest BCUT2D eigenvalue weighted by Crippen LogP contribution is -2.43. The Morgan fingerprint density at radius 1 is 1.22 bits per heavy atom. The fraction of sp³-hybridized carbons (Fsp3) is 0.375. The molecular weight excluding hydrogens is 306 g/mol. The molecule has 7 heteroatoms. The first kappa shape index (κ1) is 16.9. The van der Waals surface area contributed by atoms with Crippen molar-refractivity contribution in [3.05, 3.63) is 41.0 Å². The summed E-state index contributed by atoms with van der Waals surface area (Å²) < 4.78 is 26.1. The van der Waals surface area contributed by atoms with Crippen molar-refractivity contribution in [3.63, 3.8) is 0 Å². The Labute approximate surface area is 132 Å². The minimum absolute atomic E-state index is 0.0994. The van der Waals surface area contributed by atoms with Crippen LogP contribution in [0.5, 0.6) is 0 Å². The number of halogens is 2. The molecular formula is C16H18F2N2O3. The fourth-order valence-corrected chi connectivity index (χ4v) is 2.37. The van der Waals surface area contributed by atoms with Crippen LogP contribution in [0.2, 0.25) is 0 Å². The summed E-state index contributed by atoms with van der Waals surface area (Å²) in [6.07, 6.45) is 2.99. The summed E-state index contributed by atoms with van der Waals surface area (Å²) in [4.78, 5) is 23.8. The maximum absolute atomic E-state index is 13.2. The van der Waals surface area contributed by atoms with Gasteiger partial charge in [0.05, 0.1) is 6.42 Å². The second-order valence-electron chi connectivity index (χ2n) is 5.34. The molecule has 1 heterocycles. The topological polar surface area (TPSA) is 69.6 Å². The number of amides is 2. The third-order valence-corrected chi connectivity index (χ3v) is 3.62. The van der Waals surface area contributed by atoms with E-state index < -0.39 is 17.6 Å². The van der Waals surface area contributed by atoms with E-state index in [9.17, 15) is 18.4 Å². The molecule has 124 valence electrons. The number of carboxylic acid groups (broad SMARTS) is 1. The second kappa shape index (κ2) is 7.71. The molecule has 23 heavy (non-hydrogen) atoms. The molecule has 1 saturated heterocycles. The maximum atomic E-state index is 13.2. The molecule has 0 aliphatic carbocycles. The number of benzene rings is 1. The summed E-state index contributed by atoms with van der Waals surface area (Å²) in [5.41, 5.74) is 1.66. The van der Waals surface area contributed by atoms with Crippen LogP contribution in [0.25, 0.3) is 6.08 Å². The van der Waals surface area contributed by atoms with Crippen molar-refractivity contribution in [2.75, 3.05) is 19.6 Å². The quantitative estimate of drug-likeness (QED) is 0.894. The highest BCUT2D eigenvalue weighted by Gasteiger charge is 2.18. The first-order valence-electron chi connectivity index (χ1n) is 7.35. The number of likely N-dealkylation sites (tertiary alicyclic amines) is 1. The van der Waals surface area contributed by atoms with Gasteiger partial charge >= 0.3 is 12.0 Å². The third kappa shape index (κ3) is 5.05. The largest absolute Gasteiger partial charge is 0.481 e. The lowest BCUT2D eigenvalue weighted by atomic mass is 10.0. The lowest BCUT2D eigenvalue weighted by molar-refractivity contribution is -0.136. The van der Waals surface area contributed by atoms with Crippen LogP contribution in [0.15, 0.2) is 23.8 Å². The van der Waals surface area contributed by atoms with Gasteiger partial charge in [0.1, 0.15) is 0 Å². The first-order chi connectivity index (χ1) is 11.0. The SMILES string of the molecule is O=C(O)CCNC(=O)N1CCC(=Cc2ccc(F)c(F)c2)CC1. The highest BCUT2D eigenvalue weighted by Crippen LogP contribution is 2.20. The number of carbonyl (C=O) groups excluding carboxylic acids is 1. The maximum Gasteiger partial charge on any atom is 0.317 e. The van der Waals surface area contributed by atoms with E-state index in [1.807, 2.05) is 6.08 Å². The van der Waals surface area contributed by atoms with Gasteiger partial charge in [0.25, 0.3) is 0 Å². The van der Waals surface area contributed by atoms with Crippen molar-refractivity contribution in [1.29, 1.82) is 0 Å². The number of urea groups is 1. The molecule has 0 radical (unpaired) electrons. The normalized spacial score (nSPS) is 14.5. The summed E-state index contributed by atoms with van der Waals surface area (Å²) >= 11 is 0. The number of carboxylic acids is 1. The smallest absolute Gasteiger partial charge is 0.317 e. The van der Waals surface area contributed by atoms with Crippen LogP contribution in [-0.4, -0.2) is 41.6 Å². The van der Waals surface area contributed by atoms with Crippen LogP contribution in [0, 0.1) is 11.6 Å². The zero-order valence-corrected chi connectivity index (χ0v) is 12.5. The minimum atomic E-state index is -0.958. The van der Waals surface area contributed by atoms with Gasteiger partial charge in [-0.2, -0.15) is 0 Å². The van der Waals surface area contributed by atoms with Crippen molar-refractivity contribution >= 4 is 18.1 Å². The molecule has 2 amide bonds. The Bertz CT molecular complexity index is 622. The van der Waals surface area contributed by atoms with Crippen molar-refractivity contribution in [3.8, 4) is 0 Å². The minimum Gasteiger partial charge on any atom is -0.481 e. The number of nitrogens with zero attached hydrogens (tertiary/aromatic N) is 1. The Kier molecular flexibility index (Phi) is 5.67. The van der Waals surface area contributed by atoms with Crippen LogP contribution in [0.1, 0.15) is 24.8 Å². The van der Waals surface area contributed by atoms with Gasteiger partial charge in [-0.1, -0.05) is 17.7 Å². The molecule has 1 aromatic carbocycles. The molecule has 0 atom stereocenters. The van der Waals surface area contributed by atoms with Crippen LogP contribution < -0.4 is 5.32 Å². The standard InChI is InChI=1S/C16H18F2N2O3/c17-13-2-1-12(10-14(13)18)9-11-4-7-20(8-5-11)16(23)19-6-3-15(21)22/h1-2,9-10H,3-8H2,(H,19,23)(H,21,22). The summed E-state index contributed by atoms with van der Waals surface area (Å²) in [6.45, 7) is 1.12.